The molecule has 0 bridgehead atoms. The van der Waals surface area contributed by atoms with Gasteiger partial charge >= 0.3 is 0 Å². The summed E-state index contributed by atoms with van der Waals surface area (Å²) in [6.07, 6.45) is 1.71. The van der Waals surface area contributed by atoms with E-state index in [4.69, 9.17) is 16.3 Å². The summed E-state index contributed by atoms with van der Waals surface area (Å²) < 4.78 is 7.42. The second kappa shape index (κ2) is 8.49. The molecule has 0 aromatic heterocycles. The number of rotatable bonds is 4. The maximum absolute atomic E-state index is 12.7. The molecule has 0 aliphatic carbocycles. The minimum absolute atomic E-state index is 0.155. The molecule has 2 amide bonds. The van der Waals surface area contributed by atoms with E-state index in [9.17, 15) is 9.59 Å². The van der Waals surface area contributed by atoms with E-state index in [0.717, 1.165) is 30.0 Å². The first kappa shape index (κ1) is 20.0. The van der Waals surface area contributed by atoms with Crippen molar-refractivity contribution in [2.24, 2.45) is 0 Å². The number of imide groups is 1. The zero-order valence-corrected chi connectivity index (χ0v) is 19.4. The molecular formula is C18H12ClI2NO3S. The van der Waals surface area contributed by atoms with Gasteiger partial charge in [-0.2, -0.15) is 0 Å². The van der Waals surface area contributed by atoms with Crippen molar-refractivity contribution < 1.29 is 14.3 Å². The maximum Gasteiger partial charge on any atom is 0.293 e. The highest BCUT2D eigenvalue weighted by atomic mass is 127. The average molecular weight is 612 g/mol. The summed E-state index contributed by atoms with van der Waals surface area (Å²) >= 11 is 11.5. The lowest BCUT2D eigenvalue weighted by Crippen LogP contribution is -2.27. The van der Waals surface area contributed by atoms with Gasteiger partial charge in [0, 0.05) is 14.2 Å². The maximum atomic E-state index is 12.7. The van der Waals surface area contributed by atoms with Gasteiger partial charge < -0.3 is 4.74 Å². The fraction of sp³-hybridized carbons (Fsp3) is 0.111. The molecule has 0 spiro atoms. The van der Waals surface area contributed by atoms with Crippen LogP contribution >= 0.6 is 68.5 Å². The first-order chi connectivity index (χ1) is 12.4. The molecule has 0 radical (unpaired) electrons. The Morgan fingerprint density at radius 3 is 2.65 bits per heavy atom. The highest BCUT2D eigenvalue weighted by Crippen LogP contribution is 2.37. The van der Waals surface area contributed by atoms with Gasteiger partial charge in [0.15, 0.2) is 0 Å². The van der Waals surface area contributed by atoms with Crippen LogP contribution in [-0.4, -0.2) is 23.2 Å². The highest BCUT2D eigenvalue weighted by Gasteiger charge is 2.35. The predicted octanol–water partition coefficient (Wildman–Crippen LogP) is 5.79. The van der Waals surface area contributed by atoms with Gasteiger partial charge in [0.1, 0.15) is 5.75 Å². The molecule has 0 N–H and O–H groups in total. The van der Waals surface area contributed by atoms with Crippen LogP contribution in [0.4, 0.5) is 4.79 Å². The summed E-state index contributed by atoms with van der Waals surface area (Å²) in [7, 11) is 1.59. The van der Waals surface area contributed by atoms with E-state index in [2.05, 4.69) is 45.2 Å². The molecular weight excluding hydrogens is 600 g/mol. The fourth-order valence-electron chi connectivity index (χ4n) is 2.48. The van der Waals surface area contributed by atoms with Crippen molar-refractivity contribution in [2.75, 3.05) is 7.11 Å². The molecule has 1 aliphatic heterocycles. The Kier molecular flexibility index (Phi) is 6.52. The molecule has 8 heteroatoms. The molecule has 2 aromatic carbocycles. The van der Waals surface area contributed by atoms with E-state index < -0.39 is 0 Å². The van der Waals surface area contributed by atoms with Gasteiger partial charge in [0.2, 0.25) is 0 Å². The van der Waals surface area contributed by atoms with Crippen molar-refractivity contribution in [2.45, 2.75) is 6.54 Å². The third kappa shape index (κ3) is 4.20. The molecule has 1 aliphatic rings. The van der Waals surface area contributed by atoms with Crippen LogP contribution in [-0.2, 0) is 11.3 Å². The van der Waals surface area contributed by atoms with Crippen molar-refractivity contribution >= 4 is 85.8 Å². The van der Waals surface area contributed by atoms with Gasteiger partial charge in [-0.3, -0.25) is 14.5 Å². The van der Waals surface area contributed by atoms with Crippen LogP contribution in [0.2, 0.25) is 5.02 Å². The van der Waals surface area contributed by atoms with Crippen molar-refractivity contribution in [3.05, 3.63) is 64.6 Å². The molecule has 2 aromatic rings. The average Bonchev–Trinajstić information content (AvgIpc) is 2.84. The van der Waals surface area contributed by atoms with E-state index in [1.807, 2.05) is 24.3 Å². The van der Waals surface area contributed by atoms with Crippen molar-refractivity contribution in [1.82, 2.24) is 4.90 Å². The van der Waals surface area contributed by atoms with Crippen LogP contribution in [0, 0.1) is 7.14 Å². The van der Waals surface area contributed by atoms with Crippen molar-refractivity contribution in [3.63, 3.8) is 0 Å². The van der Waals surface area contributed by atoms with Crippen LogP contribution < -0.4 is 4.74 Å². The monoisotopic (exact) mass is 611 g/mol. The Morgan fingerprint density at radius 2 is 1.96 bits per heavy atom. The number of nitrogens with zero attached hydrogens (tertiary/aromatic N) is 1. The number of thioether (sulfide) groups is 1. The SMILES string of the molecule is COc1c(I)cc(I)cc1/C=C1\SC(=O)N(Cc2ccccc2Cl)C1=O. The molecule has 134 valence electrons. The number of benzene rings is 2. The predicted molar refractivity (Wildman–Crippen MR) is 121 cm³/mol. The van der Waals surface area contributed by atoms with Gasteiger partial charge in [0.05, 0.1) is 22.1 Å². The number of hydrogen-bond acceptors (Lipinski definition) is 4. The van der Waals surface area contributed by atoms with Crippen molar-refractivity contribution in [3.8, 4) is 5.75 Å². The van der Waals surface area contributed by atoms with Gasteiger partial charge in [-0.1, -0.05) is 29.8 Å². The van der Waals surface area contributed by atoms with Crippen LogP contribution in [0.3, 0.4) is 0 Å². The summed E-state index contributed by atoms with van der Waals surface area (Å²) in [5.41, 5.74) is 1.51. The number of amides is 2. The van der Waals surface area contributed by atoms with E-state index in [1.165, 1.54) is 4.90 Å². The number of carbonyl (C=O) groups is 2. The van der Waals surface area contributed by atoms with E-state index >= 15 is 0 Å². The Labute approximate surface area is 187 Å². The van der Waals surface area contributed by atoms with Gasteiger partial charge in [-0.15, -0.1) is 0 Å². The minimum atomic E-state index is -0.323. The fourth-order valence-corrected chi connectivity index (χ4v) is 5.61. The minimum Gasteiger partial charge on any atom is -0.495 e. The summed E-state index contributed by atoms with van der Waals surface area (Å²) in [6.45, 7) is 0.155. The molecule has 1 heterocycles. The second-order valence-electron chi connectivity index (χ2n) is 5.37. The third-order valence-electron chi connectivity index (χ3n) is 3.69. The third-order valence-corrected chi connectivity index (χ3v) is 6.39. The smallest absolute Gasteiger partial charge is 0.293 e. The number of ether oxygens (including phenoxy) is 1. The zero-order valence-electron chi connectivity index (χ0n) is 13.5. The topological polar surface area (TPSA) is 46.6 Å². The first-order valence-electron chi connectivity index (χ1n) is 7.42. The van der Waals surface area contributed by atoms with E-state index in [1.54, 1.807) is 25.3 Å². The molecule has 0 unspecified atom stereocenters. The largest absolute Gasteiger partial charge is 0.495 e. The summed E-state index contributed by atoms with van der Waals surface area (Å²) in [4.78, 5) is 26.7. The van der Waals surface area contributed by atoms with Gasteiger partial charge in [-0.25, -0.2) is 0 Å². The van der Waals surface area contributed by atoms with Crippen LogP contribution in [0.5, 0.6) is 5.75 Å². The lowest BCUT2D eigenvalue weighted by Gasteiger charge is -2.13. The van der Waals surface area contributed by atoms with Gasteiger partial charge in [-0.05, 0) is 86.8 Å². The molecule has 0 atom stereocenters. The summed E-state index contributed by atoms with van der Waals surface area (Å²) in [5, 5.41) is 0.227. The Morgan fingerprint density at radius 1 is 1.23 bits per heavy atom. The van der Waals surface area contributed by atoms with Gasteiger partial charge in [0.25, 0.3) is 11.1 Å². The molecule has 4 nitrogen and oxygen atoms in total. The van der Waals surface area contributed by atoms with E-state index in [0.29, 0.717) is 15.7 Å². The summed E-state index contributed by atoms with van der Waals surface area (Å²) in [6, 6.07) is 11.1. The van der Waals surface area contributed by atoms with Crippen LogP contribution in [0.25, 0.3) is 6.08 Å². The number of carbonyl (C=O) groups excluding carboxylic acids is 2. The Bertz CT molecular complexity index is 933. The molecule has 26 heavy (non-hydrogen) atoms. The quantitative estimate of drug-likeness (QED) is 0.324. The Hall–Kier alpha value is -0.780. The zero-order chi connectivity index (χ0) is 18.8. The van der Waals surface area contributed by atoms with E-state index in [-0.39, 0.29) is 17.7 Å². The normalized spacial score (nSPS) is 15.8. The highest BCUT2D eigenvalue weighted by molar-refractivity contribution is 14.1. The second-order valence-corrected chi connectivity index (χ2v) is 9.18. The number of hydrogen-bond donors (Lipinski definition) is 0. The number of halogens is 3. The van der Waals surface area contributed by atoms with Crippen LogP contribution in [0.1, 0.15) is 11.1 Å². The lowest BCUT2D eigenvalue weighted by atomic mass is 10.1. The molecule has 1 fully saturated rings. The molecule has 0 saturated carbocycles. The van der Waals surface area contributed by atoms with Crippen molar-refractivity contribution in [1.29, 1.82) is 0 Å². The lowest BCUT2D eigenvalue weighted by molar-refractivity contribution is -0.123. The van der Waals surface area contributed by atoms with Crippen LogP contribution in [0.15, 0.2) is 41.3 Å². The first-order valence-corrected chi connectivity index (χ1v) is 10.8. The number of methoxy groups -OCH3 is 1. The Balaban J connectivity index is 1.92. The molecule has 3 rings (SSSR count). The molecule has 1 saturated heterocycles. The summed E-state index contributed by atoms with van der Waals surface area (Å²) in [5.74, 6) is 0.361. The standard InChI is InChI=1S/C18H12ClI2NO3S/c1-25-16-11(6-12(20)8-14(16)21)7-15-17(23)22(18(24)26-15)9-10-4-2-3-5-13(10)19/h2-8H,9H2,1H3/b15-7-.